The summed E-state index contributed by atoms with van der Waals surface area (Å²) in [4.78, 5) is 10.2. The Morgan fingerprint density at radius 1 is 1.41 bits per heavy atom. The van der Waals surface area contributed by atoms with Crippen LogP contribution >= 0.6 is 0 Å². The molecule has 1 rings (SSSR count). The molecule has 0 heterocycles. The number of nitrogens with two attached hydrogens (primary N) is 1. The van der Waals surface area contributed by atoms with Crippen molar-refractivity contribution in [3.05, 3.63) is 34.4 Å². The minimum Gasteiger partial charge on any atom is -0.487 e. The molecular weight excluding hydrogens is 222 g/mol. The molecule has 0 saturated carbocycles. The molecule has 3 N–H and O–H groups in total. The second kappa shape index (κ2) is 6.47. The number of nitro groups is 1. The lowest BCUT2D eigenvalue weighted by atomic mass is 10.2. The first kappa shape index (κ1) is 13.0. The third-order valence-electron chi connectivity index (χ3n) is 2.16. The van der Waals surface area contributed by atoms with E-state index in [-0.39, 0.29) is 17.3 Å². The first-order valence-corrected chi connectivity index (χ1v) is 5.30. The van der Waals surface area contributed by atoms with E-state index in [9.17, 15) is 10.1 Å². The van der Waals surface area contributed by atoms with Crippen LogP contribution in [0.1, 0.15) is 19.3 Å². The molecule has 1 aromatic carbocycles. The number of nitrogens with zero attached hydrogens (tertiary/aromatic N) is 1. The van der Waals surface area contributed by atoms with Crippen LogP contribution in [0.3, 0.4) is 0 Å². The van der Waals surface area contributed by atoms with Gasteiger partial charge >= 0.3 is 5.69 Å². The Hall–Kier alpha value is -2.11. The van der Waals surface area contributed by atoms with Crippen molar-refractivity contribution in [2.24, 2.45) is 5.73 Å². The molecule has 0 amide bonds. The quantitative estimate of drug-likeness (QED) is 0.249. The fourth-order valence-corrected chi connectivity index (χ4v) is 1.33. The number of nitrogens with one attached hydrogen (secondary N) is 1. The van der Waals surface area contributed by atoms with Crippen molar-refractivity contribution in [1.82, 2.24) is 0 Å². The molecule has 17 heavy (non-hydrogen) atoms. The van der Waals surface area contributed by atoms with E-state index in [0.717, 1.165) is 6.42 Å². The van der Waals surface area contributed by atoms with Crippen LogP contribution in [0.2, 0.25) is 0 Å². The van der Waals surface area contributed by atoms with E-state index in [0.29, 0.717) is 19.4 Å². The van der Waals surface area contributed by atoms with E-state index >= 15 is 0 Å². The fraction of sp³-hybridized carbons (Fsp3) is 0.364. The third kappa shape index (κ3) is 4.50. The van der Waals surface area contributed by atoms with Crippen LogP contribution in [0.25, 0.3) is 0 Å². The zero-order valence-corrected chi connectivity index (χ0v) is 9.39. The van der Waals surface area contributed by atoms with Gasteiger partial charge in [-0.05, 0) is 18.9 Å². The highest BCUT2D eigenvalue weighted by atomic mass is 16.6. The Morgan fingerprint density at radius 2 is 2.12 bits per heavy atom. The third-order valence-corrected chi connectivity index (χ3v) is 2.16. The zero-order chi connectivity index (χ0) is 12.7. The van der Waals surface area contributed by atoms with E-state index in [1.165, 1.54) is 6.07 Å². The molecular formula is C11H15N3O3. The number of amidine groups is 1. The van der Waals surface area contributed by atoms with Crippen LogP contribution in [0.5, 0.6) is 5.75 Å². The van der Waals surface area contributed by atoms with Crippen molar-refractivity contribution in [1.29, 1.82) is 5.41 Å². The summed E-state index contributed by atoms with van der Waals surface area (Å²) in [7, 11) is 0. The molecule has 0 unspecified atom stereocenters. The smallest absolute Gasteiger partial charge is 0.310 e. The Bertz CT molecular complexity index is 407. The van der Waals surface area contributed by atoms with Crippen LogP contribution in [0.15, 0.2) is 24.3 Å². The Balaban J connectivity index is 2.41. The molecule has 0 spiro atoms. The first-order chi connectivity index (χ1) is 8.11. The second-order valence-corrected chi connectivity index (χ2v) is 3.56. The topological polar surface area (TPSA) is 102 Å². The van der Waals surface area contributed by atoms with Crippen molar-refractivity contribution in [3.63, 3.8) is 0 Å². The van der Waals surface area contributed by atoms with Crippen molar-refractivity contribution in [2.45, 2.75) is 19.3 Å². The van der Waals surface area contributed by atoms with Gasteiger partial charge in [-0.15, -0.1) is 0 Å². The van der Waals surface area contributed by atoms with Gasteiger partial charge in [0, 0.05) is 12.5 Å². The predicted octanol–water partition coefficient (Wildman–Crippen LogP) is 2.08. The lowest BCUT2D eigenvalue weighted by Crippen LogP contribution is -2.09. The largest absolute Gasteiger partial charge is 0.487 e. The van der Waals surface area contributed by atoms with Crippen molar-refractivity contribution in [2.75, 3.05) is 6.61 Å². The minimum absolute atomic E-state index is 0.0286. The number of para-hydroxylation sites is 2. The summed E-state index contributed by atoms with van der Waals surface area (Å²) in [5.74, 6) is 0.427. The minimum atomic E-state index is -0.467. The average Bonchev–Trinajstić information content (AvgIpc) is 2.28. The maximum absolute atomic E-state index is 10.7. The van der Waals surface area contributed by atoms with Crippen LogP contribution in [-0.4, -0.2) is 17.4 Å². The Kier molecular flexibility index (Phi) is 4.93. The number of ether oxygens (including phenoxy) is 1. The highest BCUT2D eigenvalue weighted by molar-refractivity contribution is 5.76. The molecule has 0 aliphatic carbocycles. The summed E-state index contributed by atoms with van der Waals surface area (Å²) in [5, 5.41) is 17.7. The summed E-state index contributed by atoms with van der Waals surface area (Å²) in [6.45, 7) is 0.387. The van der Waals surface area contributed by atoms with Gasteiger partial charge in [-0.3, -0.25) is 15.5 Å². The second-order valence-electron chi connectivity index (χ2n) is 3.56. The van der Waals surface area contributed by atoms with Crippen LogP contribution < -0.4 is 10.5 Å². The molecule has 92 valence electrons. The predicted molar refractivity (Wildman–Crippen MR) is 64.4 cm³/mol. The average molecular weight is 237 g/mol. The lowest BCUT2D eigenvalue weighted by molar-refractivity contribution is -0.385. The first-order valence-electron chi connectivity index (χ1n) is 5.30. The standard InChI is InChI=1S/C11H15N3O3/c12-11(13)7-3-4-8-17-10-6-2-1-5-9(10)14(15)16/h1-2,5-6H,3-4,7-8H2,(H3,12,13). The monoisotopic (exact) mass is 237 g/mol. The molecule has 1 aromatic rings. The van der Waals surface area contributed by atoms with Gasteiger partial charge in [0.05, 0.1) is 17.4 Å². The van der Waals surface area contributed by atoms with Gasteiger partial charge in [-0.25, -0.2) is 0 Å². The molecule has 0 aliphatic rings. The summed E-state index contributed by atoms with van der Waals surface area (Å²) in [5.41, 5.74) is 5.17. The number of hydrogen-bond acceptors (Lipinski definition) is 4. The number of benzene rings is 1. The van der Waals surface area contributed by atoms with E-state index < -0.39 is 4.92 Å². The van der Waals surface area contributed by atoms with Crippen LogP contribution in [0.4, 0.5) is 5.69 Å². The number of unbranched alkanes of at least 4 members (excludes halogenated alkanes) is 1. The summed E-state index contributed by atoms with van der Waals surface area (Å²) >= 11 is 0. The van der Waals surface area contributed by atoms with Crippen LogP contribution in [-0.2, 0) is 0 Å². The zero-order valence-electron chi connectivity index (χ0n) is 9.39. The van der Waals surface area contributed by atoms with Gasteiger partial charge in [0.1, 0.15) is 0 Å². The Morgan fingerprint density at radius 3 is 2.76 bits per heavy atom. The molecule has 0 aliphatic heterocycles. The van der Waals surface area contributed by atoms with E-state index in [2.05, 4.69) is 0 Å². The summed E-state index contributed by atoms with van der Waals surface area (Å²) < 4.78 is 5.33. The van der Waals surface area contributed by atoms with Gasteiger partial charge in [0.2, 0.25) is 0 Å². The molecule has 0 bridgehead atoms. The fourth-order valence-electron chi connectivity index (χ4n) is 1.33. The maximum atomic E-state index is 10.7. The van der Waals surface area contributed by atoms with Gasteiger partial charge in [0.25, 0.3) is 0 Å². The van der Waals surface area contributed by atoms with Gasteiger partial charge in [0.15, 0.2) is 5.75 Å². The molecule has 0 fully saturated rings. The maximum Gasteiger partial charge on any atom is 0.310 e. The van der Waals surface area contributed by atoms with Gasteiger partial charge < -0.3 is 10.5 Å². The lowest BCUT2D eigenvalue weighted by Gasteiger charge is -2.06. The van der Waals surface area contributed by atoms with Crippen molar-refractivity contribution >= 4 is 11.5 Å². The molecule has 6 heteroatoms. The molecule has 0 aromatic heterocycles. The highest BCUT2D eigenvalue weighted by Gasteiger charge is 2.12. The number of rotatable bonds is 7. The molecule has 0 saturated heterocycles. The van der Waals surface area contributed by atoms with Crippen molar-refractivity contribution in [3.8, 4) is 5.75 Å². The summed E-state index contributed by atoms with van der Waals surface area (Å²) in [6.07, 6.45) is 1.99. The molecule has 6 nitrogen and oxygen atoms in total. The highest BCUT2D eigenvalue weighted by Crippen LogP contribution is 2.25. The van der Waals surface area contributed by atoms with Crippen LogP contribution in [0, 0.1) is 15.5 Å². The van der Waals surface area contributed by atoms with Crippen molar-refractivity contribution < 1.29 is 9.66 Å². The normalized spacial score (nSPS) is 9.88. The SMILES string of the molecule is N=C(N)CCCCOc1ccccc1[N+](=O)[O-]. The summed E-state index contributed by atoms with van der Waals surface area (Å²) in [6, 6.07) is 6.27. The Labute approximate surface area is 99.0 Å². The molecule has 0 radical (unpaired) electrons. The van der Waals surface area contributed by atoms with Gasteiger partial charge in [-0.2, -0.15) is 0 Å². The van der Waals surface area contributed by atoms with E-state index in [1.807, 2.05) is 0 Å². The van der Waals surface area contributed by atoms with E-state index in [1.54, 1.807) is 18.2 Å². The molecule has 0 atom stereocenters. The number of nitro benzene ring substituents is 1. The van der Waals surface area contributed by atoms with Gasteiger partial charge in [-0.1, -0.05) is 12.1 Å². The number of hydrogen-bond donors (Lipinski definition) is 2. The van der Waals surface area contributed by atoms with E-state index in [4.69, 9.17) is 15.9 Å².